The van der Waals surface area contributed by atoms with E-state index in [2.05, 4.69) is 25.9 Å². The number of oxime groups is 1. The molecule has 0 spiro atoms. The van der Waals surface area contributed by atoms with Gasteiger partial charge < -0.3 is 4.84 Å². The fraction of sp³-hybridized carbons (Fsp3) is 0.333. The van der Waals surface area contributed by atoms with Crippen LogP contribution < -0.4 is 0 Å². The summed E-state index contributed by atoms with van der Waals surface area (Å²) in [6, 6.07) is 0. The fourth-order valence-electron chi connectivity index (χ4n) is 0.238. The van der Waals surface area contributed by atoms with Crippen molar-refractivity contribution in [2.45, 2.75) is 6.42 Å². The molecule has 3 heteroatoms. The van der Waals surface area contributed by atoms with E-state index in [1.54, 1.807) is 6.61 Å². The minimum absolute atomic E-state index is 0.806. The lowest BCUT2D eigenvalue weighted by atomic mass is 10.5. The van der Waals surface area contributed by atoms with Crippen LogP contribution in [0.2, 0.25) is 0 Å². The summed E-state index contributed by atoms with van der Waals surface area (Å²) in [6.45, 7) is 1.63. The summed E-state index contributed by atoms with van der Waals surface area (Å²) in [7, 11) is 0. The second-order valence-electron chi connectivity index (χ2n) is 0.944. The highest BCUT2D eigenvalue weighted by atomic mass is 79.9. The van der Waals surface area contributed by atoms with Gasteiger partial charge in [0, 0.05) is 6.42 Å². The average Bonchev–Trinajstić information content (AvgIpc) is 1.86. The molecule has 0 fully saturated rings. The second kappa shape index (κ2) is 1.60. The van der Waals surface area contributed by atoms with Crippen molar-refractivity contribution < 1.29 is 4.84 Å². The van der Waals surface area contributed by atoms with E-state index in [0.717, 1.165) is 11.0 Å². The highest BCUT2D eigenvalue weighted by Crippen LogP contribution is 2.07. The number of rotatable bonds is 0. The lowest BCUT2D eigenvalue weighted by Gasteiger charge is -1.74. The van der Waals surface area contributed by atoms with E-state index in [-0.39, 0.29) is 0 Å². The second-order valence-corrected chi connectivity index (χ2v) is 1.86. The van der Waals surface area contributed by atoms with Gasteiger partial charge in [-0.05, 0) is 15.9 Å². The summed E-state index contributed by atoms with van der Waals surface area (Å²) in [6.07, 6.45) is 0.806. The van der Waals surface area contributed by atoms with Gasteiger partial charge in [0.25, 0.3) is 0 Å². The molecule has 0 aliphatic carbocycles. The molecule has 0 aromatic carbocycles. The first kappa shape index (κ1) is 4.12. The first-order valence-corrected chi connectivity index (χ1v) is 2.39. The molecule has 0 saturated carbocycles. The first-order valence-electron chi connectivity index (χ1n) is 1.59. The van der Waals surface area contributed by atoms with Crippen LogP contribution in [0, 0.1) is 6.61 Å². The molecule has 0 bridgehead atoms. The maximum absolute atomic E-state index is 4.47. The van der Waals surface area contributed by atoms with Crippen molar-refractivity contribution in [1.29, 1.82) is 0 Å². The third-order valence-electron chi connectivity index (χ3n) is 0.478. The third-order valence-corrected chi connectivity index (χ3v) is 0.947. The summed E-state index contributed by atoms with van der Waals surface area (Å²) in [5.41, 5.74) is 0. The largest absolute Gasteiger partial charge is 0.387 e. The average molecular weight is 149 g/mol. The lowest BCUT2D eigenvalue weighted by Crippen LogP contribution is -1.71. The molecule has 1 aliphatic rings. The lowest BCUT2D eigenvalue weighted by molar-refractivity contribution is 0.234. The van der Waals surface area contributed by atoms with Gasteiger partial charge in [-0.2, -0.15) is 0 Å². The minimum atomic E-state index is 0.806. The molecule has 33 valence electrons. The van der Waals surface area contributed by atoms with E-state index < -0.39 is 0 Å². The molecular formula is C3H3BrNO. The van der Waals surface area contributed by atoms with Gasteiger partial charge in [-0.25, -0.2) is 0 Å². The maximum Gasteiger partial charge on any atom is 0.173 e. The van der Waals surface area contributed by atoms with E-state index in [9.17, 15) is 0 Å². The predicted octanol–water partition coefficient (Wildman–Crippen LogP) is 1.28. The Kier molecular flexibility index (Phi) is 1.10. The van der Waals surface area contributed by atoms with Gasteiger partial charge in [0.05, 0.1) is 0 Å². The summed E-state index contributed by atoms with van der Waals surface area (Å²) >= 11 is 3.13. The van der Waals surface area contributed by atoms with Crippen LogP contribution in [0.1, 0.15) is 6.42 Å². The summed E-state index contributed by atoms with van der Waals surface area (Å²) in [4.78, 5) is 4.47. The standard InChI is InChI=1S/C3H3BrNO/c4-3-1-2-6-5-3/h2H,1H2. The molecule has 1 heterocycles. The van der Waals surface area contributed by atoms with E-state index in [4.69, 9.17) is 0 Å². The van der Waals surface area contributed by atoms with Gasteiger partial charge in [-0.3, -0.25) is 0 Å². The Bertz CT molecular complexity index is 80.9. The van der Waals surface area contributed by atoms with Gasteiger partial charge in [0.2, 0.25) is 0 Å². The monoisotopic (exact) mass is 148 g/mol. The van der Waals surface area contributed by atoms with Crippen molar-refractivity contribution in [3.8, 4) is 0 Å². The van der Waals surface area contributed by atoms with Crippen molar-refractivity contribution >= 4 is 20.6 Å². The highest BCUT2D eigenvalue weighted by Gasteiger charge is 2.01. The normalized spacial score (nSPS) is 19.8. The van der Waals surface area contributed by atoms with Crippen LogP contribution in [0.3, 0.4) is 0 Å². The fourth-order valence-corrected chi connectivity index (χ4v) is 0.454. The summed E-state index contributed by atoms with van der Waals surface area (Å²) < 4.78 is 0.863. The number of hydrogen-bond acceptors (Lipinski definition) is 2. The Labute approximate surface area is 44.3 Å². The zero-order chi connectivity index (χ0) is 4.41. The highest BCUT2D eigenvalue weighted by molar-refractivity contribution is 9.18. The molecular weight excluding hydrogens is 146 g/mol. The molecule has 1 radical (unpaired) electrons. The van der Waals surface area contributed by atoms with E-state index >= 15 is 0 Å². The zero-order valence-corrected chi connectivity index (χ0v) is 4.60. The molecule has 0 amide bonds. The first-order chi connectivity index (χ1) is 2.89. The van der Waals surface area contributed by atoms with E-state index in [0.29, 0.717) is 0 Å². The van der Waals surface area contributed by atoms with Crippen LogP contribution in [0.4, 0.5) is 0 Å². The van der Waals surface area contributed by atoms with Crippen molar-refractivity contribution in [2.24, 2.45) is 5.16 Å². The molecule has 1 rings (SSSR count). The summed E-state index contributed by atoms with van der Waals surface area (Å²) in [5.74, 6) is 0. The van der Waals surface area contributed by atoms with Crippen molar-refractivity contribution in [3.05, 3.63) is 6.61 Å². The Morgan fingerprint density at radius 2 is 2.83 bits per heavy atom. The molecule has 2 nitrogen and oxygen atoms in total. The van der Waals surface area contributed by atoms with Crippen molar-refractivity contribution in [2.75, 3.05) is 0 Å². The molecule has 0 saturated heterocycles. The molecule has 0 unspecified atom stereocenters. The van der Waals surface area contributed by atoms with Crippen molar-refractivity contribution in [1.82, 2.24) is 0 Å². The Morgan fingerprint density at radius 1 is 2.00 bits per heavy atom. The zero-order valence-electron chi connectivity index (χ0n) is 3.02. The Hall–Kier alpha value is -0.0500. The Balaban J connectivity index is 2.45. The maximum atomic E-state index is 4.47. The van der Waals surface area contributed by atoms with E-state index in [1.165, 1.54) is 0 Å². The van der Waals surface area contributed by atoms with Gasteiger partial charge in [-0.15, -0.1) is 0 Å². The van der Waals surface area contributed by atoms with Crippen molar-refractivity contribution in [3.63, 3.8) is 0 Å². The van der Waals surface area contributed by atoms with E-state index in [1.807, 2.05) is 0 Å². The van der Waals surface area contributed by atoms with Gasteiger partial charge >= 0.3 is 0 Å². The molecule has 0 atom stereocenters. The van der Waals surface area contributed by atoms with Gasteiger partial charge in [0.15, 0.2) is 6.61 Å². The van der Waals surface area contributed by atoms with Crippen LogP contribution >= 0.6 is 15.9 Å². The molecule has 0 aromatic heterocycles. The third kappa shape index (κ3) is 0.712. The molecule has 1 aliphatic heterocycles. The number of hydrogen-bond donors (Lipinski definition) is 0. The summed E-state index contributed by atoms with van der Waals surface area (Å²) in [5, 5.41) is 3.51. The molecule has 0 aromatic rings. The predicted molar refractivity (Wildman–Crippen MR) is 26.4 cm³/mol. The van der Waals surface area contributed by atoms with Crippen LogP contribution in [-0.2, 0) is 4.84 Å². The number of halogens is 1. The van der Waals surface area contributed by atoms with Gasteiger partial charge in [0.1, 0.15) is 4.62 Å². The van der Waals surface area contributed by atoms with Gasteiger partial charge in [-0.1, -0.05) is 5.16 Å². The van der Waals surface area contributed by atoms with Crippen LogP contribution in [-0.4, -0.2) is 4.62 Å². The number of nitrogens with zero attached hydrogens (tertiary/aromatic N) is 1. The van der Waals surface area contributed by atoms with Crippen LogP contribution in [0.5, 0.6) is 0 Å². The smallest absolute Gasteiger partial charge is 0.173 e. The van der Waals surface area contributed by atoms with Crippen LogP contribution in [0.25, 0.3) is 0 Å². The minimum Gasteiger partial charge on any atom is -0.387 e. The molecule has 6 heavy (non-hydrogen) atoms. The Morgan fingerprint density at radius 3 is 3.00 bits per heavy atom. The molecule has 0 N–H and O–H groups in total. The SMILES string of the molecule is BrC1=NO[CH]C1. The topological polar surface area (TPSA) is 21.6 Å². The van der Waals surface area contributed by atoms with Crippen LogP contribution in [0.15, 0.2) is 5.16 Å². The quantitative estimate of drug-likeness (QED) is 0.508.